The molecule has 0 N–H and O–H groups in total. The molecule has 0 aliphatic heterocycles. The van der Waals surface area contributed by atoms with Crippen LogP contribution in [0.15, 0.2) is 121 Å². The Labute approximate surface area is 206 Å². The van der Waals surface area contributed by atoms with E-state index in [2.05, 4.69) is 11.8 Å². The van der Waals surface area contributed by atoms with Crippen LogP contribution in [0.4, 0.5) is 0 Å². The summed E-state index contributed by atoms with van der Waals surface area (Å²) in [5.74, 6) is 5.11. The normalized spacial score (nSPS) is 11.8. The van der Waals surface area contributed by atoms with Gasteiger partial charge in [0.1, 0.15) is 0 Å². The molecule has 0 aliphatic rings. The molecule has 0 bridgehead atoms. The van der Waals surface area contributed by atoms with E-state index in [-0.39, 0.29) is 0 Å². The molecular weight excluding hydrogens is 456 g/mol. The summed E-state index contributed by atoms with van der Waals surface area (Å²) < 4.78 is 38.8. The second-order valence-corrected chi connectivity index (χ2v) is 8.84. The average Bonchev–Trinajstić information content (AvgIpc) is 2.92. The largest absolute Gasteiger partial charge is 0.404 e. The quantitative estimate of drug-likeness (QED) is 0.318. The van der Waals surface area contributed by atoms with Gasteiger partial charge in [0.25, 0.3) is 0 Å². The Balaban J connectivity index is 1.86. The molecule has 0 unspecified atom stereocenters. The van der Waals surface area contributed by atoms with E-state index < -0.39 is 21.6 Å². The fourth-order valence-corrected chi connectivity index (χ4v) is 5.05. The molecule has 0 saturated heterocycles. The topological polar surface area (TPSA) is 52.6 Å². The molecular formula is C30H22O4S. The molecule has 0 spiro atoms. The molecule has 0 amide bonds. The second kappa shape index (κ2) is 10.0. The molecule has 4 aromatic rings. The minimum absolute atomic E-state index is 0.451. The first-order valence-electron chi connectivity index (χ1n) is 10.8. The van der Waals surface area contributed by atoms with Crippen molar-refractivity contribution in [1.82, 2.24) is 0 Å². The molecule has 0 aromatic heterocycles. The van der Waals surface area contributed by atoms with Gasteiger partial charge in [-0.2, -0.15) is 8.42 Å². The van der Waals surface area contributed by atoms with Crippen LogP contribution >= 0.6 is 0 Å². The molecule has 4 rings (SSSR count). The van der Waals surface area contributed by atoms with Crippen LogP contribution in [0.3, 0.4) is 0 Å². The molecule has 0 radical (unpaired) electrons. The van der Waals surface area contributed by atoms with E-state index in [4.69, 9.17) is 21.2 Å². The summed E-state index contributed by atoms with van der Waals surface area (Å²) in [4.78, 5) is 0. The van der Waals surface area contributed by atoms with Gasteiger partial charge in [0.2, 0.25) is 0 Å². The Morgan fingerprint density at radius 1 is 0.486 bits per heavy atom. The van der Waals surface area contributed by atoms with Crippen LogP contribution in [-0.2, 0) is 30.0 Å². The predicted octanol–water partition coefficient (Wildman–Crippen LogP) is 5.42. The van der Waals surface area contributed by atoms with Gasteiger partial charge in [-0.25, -0.2) is 8.37 Å². The van der Waals surface area contributed by atoms with E-state index in [1.807, 2.05) is 0 Å². The number of terminal acetylenes is 2. The van der Waals surface area contributed by atoms with Crippen molar-refractivity contribution in [1.29, 1.82) is 0 Å². The summed E-state index contributed by atoms with van der Waals surface area (Å²) in [5, 5.41) is 0. The molecule has 35 heavy (non-hydrogen) atoms. The minimum Gasteiger partial charge on any atom is -0.218 e. The molecule has 4 nitrogen and oxygen atoms in total. The Hall–Kier alpha value is -4.13. The average molecular weight is 479 g/mol. The Morgan fingerprint density at radius 3 is 0.914 bits per heavy atom. The number of benzene rings is 4. The molecule has 5 heteroatoms. The first-order chi connectivity index (χ1) is 17.0. The van der Waals surface area contributed by atoms with Crippen LogP contribution < -0.4 is 0 Å². The zero-order valence-electron chi connectivity index (χ0n) is 18.7. The monoisotopic (exact) mass is 478 g/mol. The summed E-state index contributed by atoms with van der Waals surface area (Å²) in [7, 11) is -4.80. The standard InChI is InChI=1S/C30H22O4S/c1-3-29(25-17-9-5-10-18-25,26-19-11-6-12-20-26)33-35(31,32)34-30(4-2,27-21-13-7-14-22-27)28-23-15-8-16-24-28/h1-2,5-24H. The molecule has 0 atom stereocenters. The van der Waals surface area contributed by atoms with E-state index in [1.54, 1.807) is 121 Å². The van der Waals surface area contributed by atoms with Gasteiger partial charge in [-0.1, -0.05) is 133 Å². The maximum Gasteiger partial charge on any atom is 0.404 e. The predicted molar refractivity (Wildman–Crippen MR) is 136 cm³/mol. The summed E-state index contributed by atoms with van der Waals surface area (Å²) in [6.07, 6.45) is 11.9. The van der Waals surface area contributed by atoms with Crippen molar-refractivity contribution in [2.75, 3.05) is 0 Å². The third-order valence-electron chi connectivity index (χ3n) is 5.58. The molecule has 0 saturated carbocycles. The van der Waals surface area contributed by atoms with Crippen LogP contribution in [-0.4, -0.2) is 8.42 Å². The van der Waals surface area contributed by atoms with Crippen molar-refractivity contribution in [3.05, 3.63) is 144 Å². The zero-order chi connectivity index (χ0) is 24.8. The van der Waals surface area contributed by atoms with Crippen LogP contribution in [0.2, 0.25) is 0 Å². The highest BCUT2D eigenvalue weighted by Gasteiger charge is 2.45. The molecule has 0 heterocycles. The summed E-state index contributed by atoms with van der Waals surface area (Å²) in [5.41, 5.74) is -1.76. The molecule has 0 fully saturated rings. The van der Waals surface area contributed by atoms with Crippen molar-refractivity contribution in [3.8, 4) is 24.7 Å². The van der Waals surface area contributed by atoms with E-state index in [1.165, 1.54) is 0 Å². The highest BCUT2D eigenvalue weighted by Crippen LogP contribution is 2.39. The summed E-state index contributed by atoms with van der Waals surface area (Å²) in [6, 6.07) is 34.8. The minimum atomic E-state index is -4.80. The lowest BCUT2D eigenvalue weighted by atomic mass is 9.87. The van der Waals surface area contributed by atoms with E-state index in [9.17, 15) is 8.42 Å². The fraction of sp³-hybridized carbons (Fsp3) is 0.0667. The molecule has 4 aromatic carbocycles. The third-order valence-corrected chi connectivity index (χ3v) is 6.49. The third kappa shape index (κ3) is 4.75. The van der Waals surface area contributed by atoms with Gasteiger partial charge >= 0.3 is 10.4 Å². The smallest absolute Gasteiger partial charge is 0.218 e. The van der Waals surface area contributed by atoms with Crippen molar-refractivity contribution in [2.45, 2.75) is 11.2 Å². The lowest BCUT2D eigenvalue weighted by Crippen LogP contribution is -2.38. The van der Waals surface area contributed by atoms with Gasteiger partial charge < -0.3 is 0 Å². The van der Waals surface area contributed by atoms with Crippen molar-refractivity contribution >= 4 is 10.4 Å². The second-order valence-electron chi connectivity index (χ2n) is 7.69. The van der Waals surface area contributed by atoms with Crippen LogP contribution in [0.5, 0.6) is 0 Å². The molecule has 172 valence electrons. The van der Waals surface area contributed by atoms with E-state index in [0.717, 1.165) is 0 Å². The number of rotatable bonds is 8. The van der Waals surface area contributed by atoms with Gasteiger partial charge in [0.15, 0.2) is 11.2 Å². The van der Waals surface area contributed by atoms with Gasteiger partial charge in [0, 0.05) is 22.3 Å². The number of hydrogen-bond donors (Lipinski definition) is 0. The Kier molecular flexibility index (Phi) is 6.87. The highest BCUT2D eigenvalue weighted by molar-refractivity contribution is 7.82. The SMILES string of the molecule is C#CC(OS(=O)(=O)OC(C#C)(c1ccccc1)c1ccccc1)(c1ccccc1)c1ccccc1. The van der Waals surface area contributed by atoms with Gasteiger partial charge in [-0.05, 0) is 0 Å². The van der Waals surface area contributed by atoms with Crippen LogP contribution in [0, 0.1) is 24.7 Å². The van der Waals surface area contributed by atoms with Gasteiger partial charge in [0.05, 0.1) is 0 Å². The lowest BCUT2D eigenvalue weighted by Gasteiger charge is -2.32. The number of hydrogen-bond acceptors (Lipinski definition) is 4. The van der Waals surface area contributed by atoms with Gasteiger partial charge in [-0.3, -0.25) is 0 Å². The van der Waals surface area contributed by atoms with Crippen molar-refractivity contribution in [2.24, 2.45) is 0 Å². The first-order valence-corrected chi connectivity index (χ1v) is 12.1. The first kappa shape index (κ1) is 24.0. The molecule has 0 aliphatic carbocycles. The Bertz CT molecular complexity index is 1260. The van der Waals surface area contributed by atoms with Crippen molar-refractivity contribution in [3.63, 3.8) is 0 Å². The zero-order valence-corrected chi connectivity index (χ0v) is 19.6. The fourth-order valence-electron chi connectivity index (χ4n) is 3.92. The van der Waals surface area contributed by atoms with Gasteiger partial charge in [-0.15, -0.1) is 12.8 Å². The highest BCUT2D eigenvalue weighted by atomic mass is 32.3. The van der Waals surface area contributed by atoms with Crippen LogP contribution in [0.1, 0.15) is 22.3 Å². The van der Waals surface area contributed by atoms with E-state index in [0.29, 0.717) is 22.3 Å². The van der Waals surface area contributed by atoms with Crippen LogP contribution in [0.25, 0.3) is 0 Å². The summed E-state index contributed by atoms with van der Waals surface area (Å²) >= 11 is 0. The Morgan fingerprint density at radius 2 is 0.714 bits per heavy atom. The maximum absolute atomic E-state index is 13.6. The lowest BCUT2D eigenvalue weighted by molar-refractivity contribution is 0.0941. The van der Waals surface area contributed by atoms with Crippen molar-refractivity contribution < 1.29 is 16.8 Å². The summed E-state index contributed by atoms with van der Waals surface area (Å²) in [6.45, 7) is 0. The maximum atomic E-state index is 13.6. The van der Waals surface area contributed by atoms with E-state index >= 15 is 0 Å².